The van der Waals surface area contributed by atoms with Crippen LogP contribution in [-0.2, 0) is 31.2 Å². The molecule has 0 unspecified atom stereocenters. The molecule has 0 saturated carbocycles. The molecule has 0 radical (unpaired) electrons. The van der Waals surface area contributed by atoms with Gasteiger partial charge in [-0.05, 0) is 36.8 Å². The topological polar surface area (TPSA) is 56.9 Å². The third kappa shape index (κ3) is 3.22. The number of carbonyl (C=O) groups is 1. The predicted octanol–water partition coefficient (Wildman–Crippen LogP) is 4.42. The van der Waals surface area contributed by atoms with E-state index in [0.29, 0.717) is 17.5 Å². The lowest BCUT2D eigenvalue weighted by Crippen LogP contribution is -2.22. The molecule has 154 valence electrons. The SMILES string of the molecule is CCn1c2ccccc2c2cc(CC(=O)Cc3nn(C)c(=O)c4ccccc34)ccc21. The fraction of sp³-hybridized carbons (Fsp3) is 0.192. The third-order valence-electron chi connectivity index (χ3n) is 5.95. The van der Waals surface area contributed by atoms with Gasteiger partial charge < -0.3 is 4.57 Å². The Balaban J connectivity index is 1.49. The van der Waals surface area contributed by atoms with E-state index in [9.17, 15) is 9.59 Å². The summed E-state index contributed by atoms with van der Waals surface area (Å²) in [5.41, 5.74) is 3.89. The first-order chi connectivity index (χ1) is 15.1. The molecule has 0 amide bonds. The maximum atomic E-state index is 13.0. The van der Waals surface area contributed by atoms with Crippen molar-refractivity contribution in [1.82, 2.24) is 14.3 Å². The Labute approximate surface area is 179 Å². The number of rotatable bonds is 5. The largest absolute Gasteiger partial charge is 0.341 e. The average molecular weight is 409 g/mol. The number of nitrogens with zero attached hydrogens (tertiary/aromatic N) is 3. The first-order valence-electron chi connectivity index (χ1n) is 10.5. The molecule has 0 aliphatic heterocycles. The van der Waals surface area contributed by atoms with Crippen LogP contribution in [-0.4, -0.2) is 20.1 Å². The van der Waals surface area contributed by atoms with E-state index in [-0.39, 0.29) is 17.8 Å². The van der Waals surface area contributed by atoms with Crippen LogP contribution in [0.2, 0.25) is 0 Å². The highest BCUT2D eigenvalue weighted by Gasteiger charge is 2.14. The smallest absolute Gasteiger partial charge is 0.274 e. The molecular formula is C26H23N3O2. The van der Waals surface area contributed by atoms with E-state index in [1.807, 2.05) is 24.3 Å². The molecule has 0 bridgehead atoms. The maximum Gasteiger partial charge on any atom is 0.274 e. The van der Waals surface area contributed by atoms with Gasteiger partial charge in [-0.1, -0.05) is 42.5 Å². The highest BCUT2D eigenvalue weighted by Crippen LogP contribution is 2.30. The second-order valence-corrected chi connectivity index (χ2v) is 7.93. The lowest BCUT2D eigenvalue weighted by molar-refractivity contribution is -0.117. The Morgan fingerprint density at radius 1 is 0.839 bits per heavy atom. The molecule has 5 rings (SSSR count). The Hall–Kier alpha value is -3.73. The Morgan fingerprint density at radius 2 is 1.52 bits per heavy atom. The monoisotopic (exact) mass is 409 g/mol. The van der Waals surface area contributed by atoms with Gasteiger partial charge in [0.1, 0.15) is 5.78 Å². The van der Waals surface area contributed by atoms with Crippen molar-refractivity contribution in [2.75, 3.05) is 0 Å². The van der Waals surface area contributed by atoms with Crippen LogP contribution in [0.4, 0.5) is 0 Å². The number of aromatic nitrogens is 3. The Kier molecular flexibility index (Phi) is 4.66. The minimum absolute atomic E-state index is 0.0786. The van der Waals surface area contributed by atoms with Gasteiger partial charge in [0, 0.05) is 47.2 Å². The first kappa shape index (κ1) is 19.2. The summed E-state index contributed by atoms with van der Waals surface area (Å²) >= 11 is 0. The molecule has 0 saturated heterocycles. The van der Waals surface area contributed by atoms with Gasteiger partial charge in [0.25, 0.3) is 5.56 Å². The fourth-order valence-corrected chi connectivity index (χ4v) is 4.53. The van der Waals surface area contributed by atoms with E-state index < -0.39 is 0 Å². The van der Waals surface area contributed by atoms with Crippen molar-refractivity contribution >= 4 is 38.4 Å². The average Bonchev–Trinajstić information content (AvgIpc) is 3.10. The summed E-state index contributed by atoms with van der Waals surface area (Å²) < 4.78 is 3.62. The Bertz CT molecular complexity index is 1530. The molecule has 2 aromatic heterocycles. The summed E-state index contributed by atoms with van der Waals surface area (Å²) in [5, 5.41) is 8.09. The number of ketones is 1. The van der Waals surface area contributed by atoms with E-state index >= 15 is 0 Å². The molecular weight excluding hydrogens is 386 g/mol. The van der Waals surface area contributed by atoms with E-state index in [4.69, 9.17) is 0 Å². The number of benzene rings is 3. The first-order valence-corrected chi connectivity index (χ1v) is 10.5. The Morgan fingerprint density at radius 3 is 2.29 bits per heavy atom. The lowest BCUT2D eigenvalue weighted by Gasteiger charge is -2.08. The second kappa shape index (κ2) is 7.51. The zero-order valence-corrected chi connectivity index (χ0v) is 17.6. The normalized spacial score (nSPS) is 11.5. The van der Waals surface area contributed by atoms with E-state index in [0.717, 1.165) is 17.5 Å². The van der Waals surface area contributed by atoms with Crippen molar-refractivity contribution < 1.29 is 4.79 Å². The highest BCUT2D eigenvalue weighted by atomic mass is 16.1. The van der Waals surface area contributed by atoms with Crippen molar-refractivity contribution in [3.63, 3.8) is 0 Å². The van der Waals surface area contributed by atoms with E-state index in [2.05, 4.69) is 53.0 Å². The van der Waals surface area contributed by atoms with Gasteiger partial charge in [-0.2, -0.15) is 5.10 Å². The summed E-state index contributed by atoms with van der Waals surface area (Å²) in [5.74, 6) is 0.0786. The summed E-state index contributed by atoms with van der Waals surface area (Å²) in [6.45, 7) is 3.04. The zero-order valence-electron chi connectivity index (χ0n) is 17.6. The molecule has 2 heterocycles. The van der Waals surface area contributed by atoms with Crippen LogP contribution in [0.3, 0.4) is 0 Å². The molecule has 5 nitrogen and oxygen atoms in total. The van der Waals surface area contributed by atoms with Crippen LogP contribution >= 0.6 is 0 Å². The zero-order chi connectivity index (χ0) is 21.5. The standard InChI is InChI=1S/C26H23N3O2/c1-3-29-24-11-7-6-9-20(24)22-15-17(12-13-25(22)29)14-18(30)16-23-19-8-4-5-10-21(19)26(31)28(2)27-23/h4-13,15H,3,14,16H2,1-2H3. The molecule has 31 heavy (non-hydrogen) atoms. The molecule has 0 aliphatic carbocycles. The van der Waals surface area contributed by atoms with Crippen molar-refractivity contribution in [2.24, 2.45) is 7.05 Å². The quantitative estimate of drug-likeness (QED) is 0.432. The number of hydrogen-bond donors (Lipinski definition) is 0. The number of Topliss-reactive ketones (excluding diaryl/α,β-unsaturated/α-hetero) is 1. The molecule has 0 aliphatic rings. The summed E-state index contributed by atoms with van der Waals surface area (Å²) in [6.07, 6.45) is 0.532. The molecule has 0 N–H and O–H groups in total. The van der Waals surface area contributed by atoms with E-state index in [1.54, 1.807) is 13.1 Å². The number of fused-ring (bicyclic) bond motifs is 4. The maximum absolute atomic E-state index is 13.0. The van der Waals surface area contributed by atoms with Crippen LogP contribution in [0.15, 0.2) is 71.5 Å². The highest BCUT2D eigenvalue weighted by molar-refractivity contribution is 6.08. The molecule has 0 fully saturated rings. The van der Waals surface area contributed by atoms with Crippen molar-refractivity contribution in [3.05, 3.63) is 88.3 Å². The van der Waals surface area contributed by atoms with Gasteiger partial charge in [0.05, 0.1) is 17.5 Å². The van der Waals surface area contributed by atoms with Crippen LogP contribution in [0.5, 0.6) is 0 Å². The van der Waals surface area contributed by atoms with Crippen LogP contribution in [0.1, 0.15) is 18.2 Å². The third-order valence-corrected chi connectivity index (χ3v) is 5.95. The van der Waals surface area contributed by atoms with Crippen molar-refractivity contribution in [3.8, 4) is 0 Å². The van der Waals surface area contributed by atoms with Crippen LogP contribution < -0.4 is 5.56 Å². The number of hydrogen-bond acceptors (Lipinski definition) is 3. The van der Waals surface area contributed by atoms with Gasteiger partial charge >= 0.3 is 0 Å². The van der Waals surface area contributed by atoms with Crippen molar-refractivity contribution in [2.45, 2.75) is 26.3 Å². The van der Waals surface area contributed by atoms with Crippen molar-refractivity contribution in [1.29, 1.82) is 0 Å². The summed E-state index contributed by atoms with van der Waals surface area (Å²) in [7, 11) is 1.63. The van der Waals surface area contributed by atoms with Gasteiger partial charge in [0.15, 0.2) is 0 Å². The van der Waals surface area contributed by atoms with Gasteiger partial charge in [0.2, 0.25) is 0 Å². The molecule has 5 heteroatoms. The van der Waals surface area contributed by atoms with Gasteiger partial charge in [-0.15, -0.1) is 0 Å². The van der Waals surface area contributed by atoms with Crippen LogP contribution in [0, 0.1) is 0 Å². The predicted molar refractivity (Wildman–Crippen MR) is 125 cm³/mol. The number of carbonyl (C=O) groups excluding carboxylic acids is 1. The molecule has 3 aromatic carbocycles. The summed E-state index contributed by atoms with van der Waals surface area (Å²) in [4.78, 5) is 25.3. The minimum atomic E-state index is -0.149. The second-order valence-electron chi connectivity index (χ2n) is 7.93. The number of aryl methyl sites for hydroxylation is 2. The van der Waals surface area contributed by atoms with Gasteiger partial charge in [-0.3, -0.25) is 9.59 Å². The minimum Gasteiger partial charge on any atom is -0.341 e. The summed E-state index contributed by atoms with van der Waals surface area (Å²) in [6, 6.07) is 22.0. The van der Waals surface area contributed by atoms with E-state index in [1.165, 1.54) is 26.5 Å². The van der Waals surface area contributed by atoms with Gasteiger partial charge in [-0.25, -0.2) is 4.68 Å². The molecule has 0 spiro atoms. The molecule has 0 atom stereocenters. The number of para-hydroxylation sites is 1. The fourth-order valence-electron chi connectivity index (χ4n) is 4.53. The van der Waals surface area contributed by atoms with Crippen LogP contribution in [0.25, 0.3) is 32.6 Å². The lowest BCUT2D eigenvalue weighted by atomic mass is 10.0. The molecule has 5 aromatic rings.